The maximum atomic E-state index is 2.47. The summed E-state index contributed by atoms with van der Waals surface area (Å²) in [6, 6.07) is 104. The highest BCUT2D eigenvalue weighted by Crippen LogP contribution is 2.53. The SMILES string of the molecule is CC1(C)c2cc(-c3ccc(-c4ccc5c(c4)C(C)(C)c4cc(-c6cc(-c7cccc8ccccc78)cc(-c7cccc8ccccc78)c6)ccc4-5)cc3)ccc2-c2ccc(-c3cc(-c4ccccc4)cc(-c4ccccc4)c3)cc21. The van der Waals surface area contributed by atoms with E-state index in [1.54, 1.807) is 0 Å². The summed E-state index contributed by atoms with van der Waals surface area (Å²) in [4.78, 5) is 0. The zero-order valence-corrected chi connectivity index (χ0v) is 45.6. The maximum absolute atomic E-state index is 2.47. The van der Waals surface area contributed by atoms with Crippen LogP contribution < -0.4 is 0 Å². The zero-order valence-electron chi connectivity index (χ0n) is 45.6. The van der Waals surface area contributed by atoms with Gasteiger partial charge in [-0.2, -0.15) is 0 Å². The van der Waals surface area contributed by atoms with Crippen molar-refractivity contribution in [2.75, 3.05) is 0 Å². The quantitative estimate of drug-likeness (QED) is 0.142. The Hall–Kier alpha value is -9.62. The predicted molar refractivity (Wildman–Crippen MR) is 340 cm³/mol. The van der Waals surface area contributed by atoms with E-state index in [0.717, 1.165) is 0 Å². The minimum atomic E-state index is -0.199. The molecule has 2 aliphatic carbocycles. The molecule has 0 fully saturated rings. The highest BCUT2D eigenvalue weighted by Gasteiger charge is 2.37. The molecule has 0 nitrogen and oxygen atoms in total. The monoisotopic (exact) mass is 1020 g/mol. The van der Waals surface area contributed by atoms with Gasteiger partial charge in [0.05, 0.1) is 0 Å². The second-order valence-corrected chi connectivity index (χ2v) is 23.3. The van der Waals surface area contributed by atoms with Crippen LogP contribution in [0.3, 0.4) is 0 Å². The molecule has 0 aliphatic heterocycles. The van der Waals surface area contributed by atoms with Gasteiger partial charge in [-0.3, -0.25) is 0 Å². The fraction of sp³-hybridized carbons (Fsp3) is 0.0750. The number of fused-ring (bicyclic) bond motifs is 8. The first-order chi connectivity index (χ1) is 39.1. The molecule has 0 radical (unpaired) electrons. The molecule has 0 aromatic heterocycles. The minimum Gasteiger partial charge on any atom is -0.0622 e. The molecule has 0 spiro atoms. The molecule has 0 bridgehead atoms. The molecule has 0 saturated heterocycles. The van der Waals surface area contributed by atoms with E-state index in [-0.39, 0.29) is 10.8 Å². The maximum Gasteiger partial charge on any atom is 0.0159 e. The predicted octanol–water partition coefficient (Wildman–Crippen LogP) is 21.9. The molecule has 13 aromatic carbocycles. The van der Waals surface area contributed by atoms with Crippen LogP contribution in [0.2, 0.25) is 0 Å². The molecule has 13 aromatic rings. The lowest BCUT2D eigenvalue weighted by Crippen LogP contribution is -2.15. The number of hydrogen-bond acceptors (Lipinski definition) is 0. The van der Waals surface area contributed by atoms with Gasteiger partial charge < -0.3 is 0 Å². The van der Waals surface area contributed by atoms with Crippen molar-refractivity contribution in [2.24, 2.45) is 0 Å². The summed E-state index contributed by atoms with van der Waals surface area (Å²) >= 11 is 0. The van der Waals surface area contributed by atoms with Gasteiger partial charge in [-0.25, -0.2) is 0 Å². The standard InChI is InChI=1S/C80H58/c1-79(2)75-47-57(33-37-71(75)73-39-35-59(49-77(73)79)63-42-61(51-17-7-5-8-18-51)41-62(43-63)52-19-9-6-10-20-52)53-29-31-54(32-30-53)58-34-38-72-74-40-36-60(50-78(74)80(3,4)76(72)48-58)64-44-65(69-27-15-23-55-21-11-13-25-67(55)69)46-66(45-64)70-28-16-24-56-22-12-14-26-68(56)70/h5-50H,1-4H3. The highest BCUT2D eigenvalue weighted by molar-refractivity contribution is 6.02. The van der Waals surface area contributed by atoms with Crippen LogP contribution >= 0.6 is 0 Å². The summed E-state index contributed by atoms with van der Waals surface area (Å²) in [6.07, 6.45) is 0. The Labute approximate surface area is 470 Å². The molecule has 0 N–H and O–H groups in total. The Kier molecular flexibility index (Phi) is 11.0. The van der Waals surface area contributed by atoms with Crippen molar-refractivity contribution in [2.45, 2.75) is 38.5 Å². The van der Waals surface area contributed by atoms with Crippen molar-refractivity contribution in [3.8, 4) is 111 Å². The molecule has 0 heterocycles. The van der Waals surface area contributed by atoms with E-state index in [4.69, 9.17) is 0 Å². The van der Waals surface area contributed by atoms with Crippen molar-refractivity contribution in [3.05, 3.63) is 301 Å². The van der Waals surface area contributed by atoms with Crippen LogP contribution in [-0.2, 0) is 10.8 Å². The molecular weight excluding hydrogens is 961 g/mol. The van der Waals surface area contributed by atoms with Crippen molar-refractivity contribution >= 4 is 21.5 Å². The van der Waals surface area contributed by atoms with Gasteiger partial charge in [0, 0.05) is 10.8 Å². The molecule has 0 heteroatoms. The number of rotatable bonds is 8. The lowest BCUT2D eigenvalue weighted by molar-refractivity contribution is 0.660. The van der Waals surface area contributed by atoms with E-state index in [1.165, 1.54) is 155 Å². The fourth-order valence-electron chi connectivity index (χ4n) is 13.5. The molecule has 0 unspecified atom stereocenters. The number of benzene rings is 13. The van der Waals surface area contributed by atoms with E-state index in [2.05, 4.69) is 307 Å². The zero-order chi connectivity index (χ0) is 53.7. The van der Waals surface area contributed by atoms with Crippen LogP contribution in [0.1, 0.15) is 49.9 Å². The smallest absolute Gasteiger partial charge is 0.0159 e. The first kappa shape index (κ1) is 47.6. The average Bonchev–Trinajstić information content (AvgIpc) is 4.07. The normalized spacial score (nSPS) is 13.4. The summed E-state index contributed by atoms with van der Waals surface area (Å²) in [7, 11) is 0. The average molecular weight is 1020 g/mol. The molecule has 15 rings (SSSR count). The van der Waals surface area contributed by atoms with Gasteiger partial charge in [-0.1, -0.05) is 246 Å². The first-order valence-corrected chi connectivity index (χ1v) is 28.2. The summed E-state index contributed by atoms with van der Waals surface area (Å²) in [5, 5.41) is 5.03. The molecule has 0 saturated carbocycles. The molecule has 0 amide bonds. The third-order valence-electron chi connectivity index (χ3n) is 17.9. The van der Waals surface area contributed by atoms with Crippen LogP contribution in [0.5, 0.6) is 0 Å². The van der Waals surface area contributed by atoms with E-state index < -0.39 is 0 Å². The third kappa shape index (κ3) is 7.89. The summed E-state index contributed by atoms with van der Waals surface area (Å²) < 4.78 is 0. The molecule has 80 heavy (non-hydrogen) atoms. The van der Waals surface area contributed by atoms with Gasteiger partial charge in [-0.05, 0) is 216 Å². The van der Waals surface area contributed by atoms with Crippen LogP contribution in [0.15, 0.2) is 279 Å². The molecule has 2 aliphatic rings. The Morgan fingerprint density at radius 3 is 0.812 bits per heavy atom. The lowest BCUT2D eigenvalue weighted by atomic mass is 9.80. The Morgan fingerprint density at radius 1 is 0.175 bits per heavy atom. The van der Waals surface area contributed by atoms with Gasteiger partial charge in [0.15, 0.2) is 0 Å². The minimum absolute atomic E-state index is 0.173. The topological polar surface area (TPSA) is 0 Å². The molecular formula is C80H58. The van der Waals surface area contributed by atoms with E-state index in [0.29, 0.717) is 0 Å². The van der Waals surface area contributed by atoms with Crippen molar-refractivity contribution < 1.29 is 0 Å². The Morgan fingerprint density at radius 2 is 0.438 bits per heavy atom. The lowest BCUT2D eigenvalue weighted by Gasteiger charge is -2.23. The third-order valence-corrected chi connectivity index (χ3v) is 17.9. The van der Waals surface area contributed by atoms with Crippen molar-refractivity contribution in [1.29, 1.82) is 0 Å². The highest BCUT2D eigenvalue weighted by atomic mass is 14.4. The number of hydrogen-bond donors (Lipinski definition) is 0. The molecule has 378 valence electrons. The Bertz CT molecular complexity index is 4440. The van der Waals surface area contributed by atoms with Gasteiger partial charge in [-0.15, -0.1) is 0 Å². The van der Waals surface area contributed by atoms with E-state index >= 15 is 0 Å². The van der Waals surface area contributed by atoms with Gasteiger partial charge in [0.25, 0.3) is 0 Å². The summed E-state index contributed by atoms with van der Waals surface area (Å²) in [5.41, 5.74) is 30.1. The summed E-state index contributed by atoms with van der Waals surface area (Å²) in [6.45, 7) is 9.60. The second-order valence-electron chi connectivity index (χ2n) is 23.3. The van der Waals surface area contributed by atoms with Gasteiger partial charge >= 0.3 is 0 Å². The first-order valence-electron chi connectivity index (χ1n) is 28.2. The van der Waals surface area contributed by atoms with E-state index in [1.807, 2.05) is 0 Å². The van der Waals surface area contributed by atoms with Crippen molar-refractivity contribution in [3.63, 3.8) is 0 Å². The Balaban J connectivity index is 0.727. The largest absolute Gasteiger partial charge is 0.0622 e. The van der Waals surface area contributed by atoms with Gasteiger partial charge in [0.1, 0.15) is 0 Å². The van der Waals surface area contributed by atoms with E-state index in [9.17, 15) is 0 Å². The van der Waals surface area contributed by atoms with Crippen LogP contribution in [-0.4, -0.2) is 0 Å². The van der Waals surface area contributed by atoms with Crippen molar-refractivity contribution in [1.82, 2.24) is 0 Å². The van der Waals surface area contributed by atoms with Crippen LogP contribution in [0.25, 0.3) is 133 Å². The molecule has 0 atom stereocenters. The second kappa shape index (κ2) is 18.5. The summed E-state index contributed by atoms with van der Waals surface area (Å²) in [5.74, 6) is 0. The van der Waals surface area contributed by atoms with Crippen LogP contribution in [0.4, 0.5) is 0 Å². The fourth-order valence-corrected chi connectivity index (χ4v) is 13.5. The van der Waals surface area contributed by atoms with Gasteiger partial charge in [0.2, 0.25) is 0 Å². The van der Waals surface area contributed by atoms with Crippen LogP contribution in [0, 0.1) is 0 Å².